The average molecular weight is 291 g/mol. The lowest BCUT2D eigenvalue weighted by Gasteiger charge is -2.14. The number of rotatable bonds is 6. The molecule has 20 heavy (non-hydrogen) atoms. The second kappa shape index (κ2) is 7.08. The minimum absolute atomic E-state index is 0.283. The van der Waals surface area contributed by atoms with Crippen molar-refractivity contribution in [2.75, 3.05) is 0 Å². The summed E-state index contributed by atoms with van der Waals surface area (Å²) in [5, 5.41) is 9.85. The lowest BCUT2D eigenvalue weighted by atomic mass is 10.1. The van der Waals surface area contributed by atoms with Gasteiger partial charge in [-0.05, 0) is 23.3 Å². The van der Waals surface area contributed by atoms with Crippen LogP contribution in [-0.4, -0.2) is 17.2 Å². The van der Waals surface area contributed by atoms with Gasteiger partial charge < -0.3 is 9.84 Å². The summed E-state index contributed by atoms with van der Waals surface area (Å²) in [6.07, 6.45) is -0.546. The van der Waals surface area contributed by atoms with Gasteiger partial charge >= 0.3 is 5.97 Å². The number of carbonyl (C=O) groups is 1. The lowest BCUT2D eigenvalue weighted by Crippen LogP contribution is -2.26. The lowest BCUT2D eigenvalue weighted by molar-refractivity contribution is -0.151. The topological polar surface area (TPSA) is 46.5 Å². The summed E-state index contributed by atoms with van der Waals surface area (Å²) in [7, 11) is 0. The average Bonchev–Trinajstić information content (AvgIpc) is 2.46. The van der Waals surface area contributed by atoms with Gasteiger partial charge in [0.1, 0.15) is 0 Å². The van der Waals surface area contributed by atoms with Crippen molar-refractivity contribution in [3.8, 4) is 0 Å². The Morgan fingerprint density at radius 2 is 1.70 bits per heavy atom. The number of carboxylic acid groups (broad SMARTS) is 1. The molecule has 1 N–H and O–H groups in total. The predicted molar refractivity (Wildman–Crippen MR) is 77.8 cm³/mol. The summed E-state index contributed by atoms with van der Waals surface area (Å²) in [6.45, 7) is 0.283. The van der Waals surface area contributed by atoms with Gasteiger partial charge in [-0.25, -0.2) is 4.79 Å². The van der Waals surface area contributed by atoms with Gasteiger partial charge in [0, 0.05) is 11.4 Å². The zero-order valence-corrected chi connectivity index (χ0v) is 11.6. The smallest absolute Gasteiger partial charge is 0.333 e. The molecule has 1 atom stereocenters. The number of hydrogen-bond acceptors (Lipinski definition) is 2. The first-order chi connectivity index (χ1) is 9.65. The van der Waals surface area contributed by atoms with Crippen molar-refractivity contribution < 1.29 is 14.6 Å². The molecule has 0 unspecified atom stereocenters. The molecule has 0 aliphatic carbocycles. The molecular weight excluding hydrogens is 276 g/mol. The Hall–Kier alpha value is -1.84. The highest BCUT2D eigenvalue weighted by Gasteiger charge is 2.18. The van der Waals surface area contributed by atoms with Crippen LogP contribution in [0.5, 0.6) is 0 Å². The number of aliphatic carboxylic acids is 1. The highest BCUT2D eigenvalue weighted by atomic mass is 35.5. The molecule has 0 heterocycles. The summed E-state index contributed by atoms with van der Waals surface area (Å²) < 4.78 is 5.49. The van der Waals surface area contributed by atoms with Crippen molar-refractivity contribution in [1.29, 1.82) is 0 Å². The molecule has 0 saturated carbocycles. The molecule has 104 valence electrons. The molecule has 0 saturated heterocycles. The van der Waals surface area contributed by atoms with Gasteiger partial charge in [0.2, 0.25) is 0 Å². The zero-order chi connectivity index (χ0) is 14.4. The number of benzene rings is 2. The van der Waals surface area contributed by atoms with E-state index in [9.17, 15) is 9.90 Å². The van der Waals surface area contributed by atoms with Crippen LogP contribution < -0.4 is 0 Å². The number of hydrogen-bond donors (Lipinski definition) is 1. The van der Waals surface area contributed by atoms with Gasteiger partial charge in [-0.2, -0.15) is 0 Å². The Balaban J connectivity index is 1.97. The van der Waals surface area contributed by atoms with Crippen molar-refractivity contribution in [2.45, 2.75) is 19.1 Å². The summed E-state index contributed by atoms with van der Waals surface area (Å²) in [6, 6.07) is 16.6. The van der Waals surface area contributed by atoms with Crippen LogP contribution in [0.15, 0.2) is 54.6 Å². The normalized spacial score (nSPS) is 12.1. The van der Waals surface area contributed by atoms with Crippen molar-refractivity contribution in [3.05, 3.63) is 70.7 Å². The third-order valence-electron chi connectivity index (χ3n) is 2.90. The van der Waals surface area contributed by atoms with Crippen molar-refractivity contribution in [2.24, 2.45) is 0 Å². The standard InChI is InChI=1S/C16H15ClO3/c17-14-8-6-12(7-9-14)10-15(16(18)19)20-11-13-4-2-1-3-5-13/h1-9,15H,10-11H2,(H,18,19)/t15-/m0/s1. The second-order valence-electron chi connectivity index (χ2n) is 4.45. The van der Waals surface area contributed by atoms with Crippen LogP contribution in [0.25, 0.3) is 0 Å². The molecular formula is C16H15ClO3. The Bertz CT molecular complexity index is 552. The van der Waals surface area contributed by atoms with E-state index in [1.165, 1.54) is 0 Å². The number of carboxylic acids is 1. The molecule has 0 spiro atoms. The van der Waals surface area contributed by atoms with E-state index in [1.807, 2.05) is 42.5 Å². The van der Waals surface area contributed by atoms with Crippen LogP contribution in [0.2, 0.25) is 5.02 Å². The highest BCUT2D eigenvalue weighted by molar-refractivity contribution is 6.30. The molecule has 0 radical (unpaired) electrons. The fraction of sp³-hybridized carbons (Fsp3) is 0.188. The zero-order valence-electron chi connectivity index (χ0n) is 10.8. The molecule has 0 aromatic heterocycles. The van der Waals surface area contributed by atoms with E-state index in [0.29, 0.717) is 11.4 Å². The highest BCUT2D eigenvalue weighted by Crippen LogP contribution is 2.13. The van der Waals surface area contributed by atoms with Crippen LogP contribution in [0.3, 0.4) is 0 Å². The fourth-order valence-electron chi connectivity index (χ4n) is 1.82. The van der Waals surface area contributed by atoms with E-state index >= 15 is 0 Å². The fourth-order valence-corrected chi connectivity index (χ4v) is 1.95. The maximum Gasteiger partial charge on any atom is 0.333 e. The van der Waals surface area contributed by atoms with Gasteiger partial charge in [0.25, 0.3) is 0 Å². The van der Waals surface area contributed by atoms with E-state index < -0.39 is 12.1 Å². The van der Waals surface area contributed by atoms with E-state index in [4.69, 9.17) is 16.3 Å². The third kappa shape index (κ3) is 4.37. The predicted octanol–water partition coefficient (Wildman–Crippen LogP) is 3.55. The molecule has 0 fully saturated rings. The molecule has 4 heteroatoms. The first-order valence-electron chi connectivity index (χ1n) is 6.28. The van der Waals surface area contributed by atoms with E-state index in [1.54, 1.807) is 12.1 Å². The molecule has 0 aliphatic rings. The Labute approximate surface area is 122 Å². The molecule has 0 bridgehead atoms. The monoisotopic (exact) mass is 290 g/mol. The van der Waals surface area contributed by atoms with E-state index in [2.05, 4.69) is 0 Å². The van der Waals surface area contributed by atoms with Crippen molar-refractivity contribution in [1.82, 2.24) is 0 Å². The van der Waals surface area contributed by atoms with Crippen LogP contribution in [-0.2, 0) is 22.6 Å². The summed E-state index contributed by atoms with van der Waals surface area (Å²) in [5.41, 5.74) is 1.84. The number of ether oxygens (including phenoxy) is 1. The maximum atomic E-state index is 11.2. The Kier molecular flexibility index (Phi) is 5.16. The van der Waals surface area contributed by atoms with E-state index in [0.717, 1.165) is 11.1 Å². The van der Waals surface area contributed by atoms with Crippen LogP contribution in [0.1, 0.15) is 11.1 Å². The van der Waals surface area contributed by atoms with Gasteiger partial charge in [-0.15, -0.1) is 0 Å². The quantitative estimate of drug-likeness (QED) is 0.885. The van der Waals surface area contributed by atoms with Crippen molar-refractivity contribution in [3.63, 3.8) is 0 Å². The maximum absolute atomic E-state index is 11.2. The van der Waals surface area contributed by atoms with Crippen LogP contribution in [0, 0.1) is 0 Å². The van der Waals surface area contributed by atoms with Crippen LogP contribution >= 0.6 is 11.6 Å². The Morgan fingerprint density at radius 1 is 1.05 bits per heavy atom. The SMILES string of the molecule is O=C(O)[C@H](Cc1ccc(Cl)cc1)OCc1ccccc1. The molecule has 2 aromatic carbocycles. The molecule has 3 nitrogen and oxygen atoms in total. The van der Waals surface area contributed by atoms with Gasteiger partial charge in [0.05, 0.1) is 6.61 Å². The largest absolute Gasteiger partial charge is 0.479 e. The second-order valence-corrected chi connectivity index (χ2v) is 4.89. The molecule has 0 amide bonds. The minimum atomic E-state index is -0.962. The summed E-state index contributed by atoms with van der Waals surface area (Å²) in [4.78, 5) is 11.2. The first kappa shape index (κ1) is 14.6. The minimum Gasteiger partial charge on any atom is -0.479 e. The summed E-state index contributed by atoms with van der Waals surface area (Å²) in [5.74, 6) is -0.962. The van der Waals surface area contributed by atoms with Gasteiger partial charge in [-0.1, -0.05) is 54.1 Å². The molecule has 2 aromatic rings. The number of halogens is 1. The first-order valence-corrected chi connectivity index (χ1v) is 6.66. The Morgan fingerprint density at radius 3 is 2.30 bits per heavy atom. The van der Waals surface area contributed by atoms with Crippen molar-refractivity contribution >= 4 is 17.6 Å². The van der Waals surface area contributed by atoms with Gasteiger partial charge in [-0.3, -0.25) is 0 Å². The molecule has 0 aliphatic heterocycles. The third-order valence-corrected chi connectivity index (χ3v) is 3.16. The van der Waals surface area contributed by atoms with E-state index in [-0.39, 0.29) is 6.61 Å². The molecule has 2 rings (SSSR count). The summed E-state index contributed by atoms with van der Waals surface area (Å²) >= 11 is 5.80. The van der Waals surface area contributed by atoms with Crippen LogP contribution in [0.4, 0.5) is 0 Å². The van der Waals surface area contributed by atoms with Gasteiger partial charge in [0.15, 0.2) is 6.10 Å².